The molecule has 2 aromatic carbocycles. The van der Waals surface area contributed by atoms with Crippen LogP contribution in [0.4, 0.5) is 0 Å². The third kappa shape index (κ3) is 4.22. The number of aliphatic hydroxyl groups excluding tert-OH is 1. The number of aromatic nitrogens is 1. The van der Waals surface area contributed by atoms with Crippen LogP contribution in [0, 0.1) is 12.8 Å². The molecular weight excluding hydrogens is 426 g/mol. The summed E-state index contributed by atoms with van der Waals surface area (Å²) in [4.78, 5) is 29.8. The first kappa shape index (κ1) is 22.6. The van der Waals surface area contributed by atoms with Crippen LogP contribution in [0.1, 0.15) is 57.6 Å². The number of nitrogens with zero attached hydrogens (tertiary/aromatic N) is 1. The maximum absolute atomic E-state index is 13.1. The molecule has 0 amide bonds. The minimum absolute atomic E-state index is 0.0242. The molecule has 0 bridgehead atoms. The Balaban J connectivity index is 1.55. The summed E-state index contributed by atoms with van der Waals surface area (Å²) >= 11 is 0. The molecule has 174 valence electrons. The molecule has 5 nitrogen and oxygen atoms in total. The van der Waals surface area contributed by atoms with Crippen molar-refractivity contribution < 1.29 is 19.4 Å². The number of aryl methyl sites for hydroxylation is 1. The zero-order valence-electron chi connectivity index (χ0n) is 19.4. The van der Waals surface area contributed by atoms with Gasteiger partial charge in [-0.15, -0.1) is 0 Å². The molecule has 1 fully saturated rings. The van der Waals surface area contributed by atoms with Crippen LogP contribution in [0.2, 0.25) is 0 Å². The van der Waals surface area contributed by atoms with Gasteiger partial charge in [-0.05, 0) is 54.2 Å². The number of hydrogen-bond acceptors (Lipinski definition) is 5. The molecule has 1 aliphatic heterocycles. The molecule has 2 heterocycles. The van der Waals surface area contributed by atoms with E-state index in [2.05, 4.69) is 17.1 Å². The van der Waals surface area contributed by atoms with Crippen LogP contribution in [-0.2, 0) is 34.4 Å². The summed E-state index contributed by atoms with van der Waals surface area (Å²) in [6.07, 6.45) is 3.13. The molecule has 3 aromatic rings. The van der Waals surface area contributed by atoms with Crippen molar-refractivity contribution in [1.29, 1.82) is 0 Å². The topological polar surface area (TPSA) is 76.5 Å². The first-order valence-corrected chi connectivity index (χ1v) is 11.9. The van der Waals surface area contributed by atoms with E-state index in [0.29, 0.717) is 31.2 Å². The zero-order valence-corrected chi connectivity index (χ0v) is 19.4. The van der Waals surface area contributed by atoms with Crippen LogP contribution >= 0.6 is 0 Å². The Morgan fingerprint density at radius 1 is 1.15 bits per heavy atom. The molecule has 1 unspecified atom stereocenters. The van der Waals surface area contributed by atoms with E-state index in [1.54, 1.807) is 6.20 Å². The first-order chi connectivity index (χ1) is 16.5. The fraction of sp³-hybridized carbons (Fsp3) is 0.345. The molecule has 1 saturated carbocycles. The molecular formula is C29H29NO4. The number of benzene rings is 2. The van der Waals surface area contributed by atoms with Crippen molar-refractivity contribution in [3.8, 4) is 0 Å². The second kappa shape index (κ2) is 9.24. The number of Topliss-reactive ketones (excluding diaryl/α,β-unsaturated/α-hetero) is 2. The lowest BCUT2D eigenvalue weighted by molar-refractivity contribution is -0.165. The molecule has 2 aliphatic rings. The fourth-order valence-corrected chi connectivity index (χ4v) is 5.72. The van der Waals surface area contributed by atoms with E-state index >= 15 is 0 Å². The molecule has 0 radical (unpaired) electrons. The van der Waals surface area contributed by atoms with Crippen molar-refractivity contribution in [3.63, 3.8) is 0 Å². The standard InChI is InChI=1S/C29H29NO4/c1-19-21(8-5-13-30-19)15-27(32)22-9-10-25-23(14-22)18-34-28(33)26-16-24(31)11-12-29(25,26)17-20-6-3-2-4-7-20/h2-10,13-14,26,28,33H,11-12,15-18H2,1H3/t26-,28?,29-/m1/s1. The van der Waals surface area contributed by atoms with Crippen molar-refractivity contribution >= 4 is 11.6 Å². The largest absolute Gasteiger partial charge is 0.368 e. The number of ketones is 2. The lowest BCUT2D eigenvalue weighted by Gasteiger charge is -2.45. The molecule has 1 aliphatic carbocycles. The predicted octanol–water partition coefficient (Wildman–Crippen LogP) is 4.51. The van der Waals surface area contributed by atoms with E-state index in [1.807, 2.05) is 55.5 Å². The van der Waals surface area contributed by atoms with E-state index in [-0.39, 0.29) is 30.5 Å². The van der Waals surface area contributed by atoms with Gasteiger partial charge < -0.3 is 9.84 Å². The van der Waals surface area contributed by atoms with Gasteiger partial charge in [-0.1, -0.05) is 48.5 Å². The highest BCUT2D eigenvalue weighted by molar-refractivity contribution is 5.98. The third-order valence-electron chi connectivity index (χ3n) is 7.55. The van der Waals surface area contributed by atoms with Crippen molar-refractivity contribution in [2.24, 2.45) is 5.92 Å². The zero-order chi connectivity index (χ0) is 23.7. The Kier molecular flexibility index (Phi) is 6.15. The average Bonchev–Trinajstić information content (AvgIpc) is 2.96. The summed E-state index contributed by atoms with van der Waals surface area (Å²) in [5.74, 6) is -0.135. The lowest BCUT2D eigenvalue weighted by Crippen LogP contribution is -2.47. The van der Waals surface area contributed by atoms with Crippen LogP contribution in [0.3, 0.4) is 0 Å². The minimum Gasteiger partial charge on any atom is -0.368 e. The lowest BCUT2D eigenvalue weighted by atomic mass is 9.58. The Labute approximate surface area is 199 Å². The van der Waals surface area contributed by atoms with E-state index in [0.717, 1.165) is 27.9 Å². The van der Waals surface area contributed by atoms with Gasteiger partial charge in [-0.25, -0.2) is 0 Å². The van der Waals surface area contributed by atoms with Gasteiger partial charge in [0, 0.05) is 48.0 Å². The Hall–Kier alpha value is -3.15. The number of pyridine rings is 1. The quantitative estimate of drug-likeness (QED) is 0.573. The SMILES string of the molecule is Cc1ncccc1CC(=O)c1ccc2c(c1)COC(O)[C@H]1CC(=O)CC[C@@]21Cc1ccccc1. The molecule has 3 atom stereocenters. The Morgan fingerprint density at radius 3 is 2.76 bits per heavy atom. The highest BCUT2D eigenvalue weighted by Gasteiger charge is 2.50. The molecule has 1 aromatic heterocycles. The average molecular weight is 456 g/mol. The van der Waals surface area contributed by atoms with Gasteiger partial charge in [0.05, 0.1) is 6.61 Å². The highest BCUT2D eigenvalue weighted by atomic mass is 16.6. The minimum atomic E-state index is -1.03. The maximum Gasteiger partial charge on any atom is 0.167 e. The summed E-state index contributed by atoms with van der Waals surface area (Å²) in [5, 5.41) is 11.0. The van der Waals surface area contributed by atoms with Gasteiger partial charge in [0.15, 0.2) is 12.1 Å². The van der Waals surface area contributed by atoms with Crippen molar-refractivity contribution in [3.05, 3.63) is 100 Å². The van der Waals surface area contributed by atoms with Crippen molar-refractivity contribution in [1.82, 2.24) is 4.98 Å². The van der Waals surface area contributed by atoms with Crippen LogP contribution in [-0.4, -0.2) is 27.9 Å². The summed E-state index contributed by atoms with van der Waals surface area (Å²) in [7, 11) is 0. The fourth-order valence-electron chi connectivity index (χ4n) is 5.72. The van der Waals surface area contributed by atoms with Crippen LogP contribution in [0.25, 0.3) is 0 Å². The summed E-state index contributed by atoms with van der Waals surface area (Å²) in [6, 6.07) is 19.8. The predicted molar refractivity (Wildman–Crippen MR) is 128 cm³/mol. The van der Waals surface area contributed by atoms with Gasteiger partial charge in [0.1, 0.15) is 5.78 Å². The molecule has 0 spiro atoms. The van der Waals surface area contributed by atoms with E-state index in [4.69, 9.17) is 4.74 Å². The summed E-state index contributed by atoms with van der Waals surface area (Å²) in [6.45, 7) is 2.12. The number of hydrogen-bond donors (Lipinski definition) is 1. The molecule has 0 saturated heterocycles. The molecule has 5 heteroatoms. The number of rotatable bonds is 5. The number of aliphatic hydroxyl groups is 1. The Morgan fingerprint density at radius 2 is 1.97 bits per heavy atom. The van der Waals surface area contributed by atoms with Gasteiger partial charge >= 0.3 is 0 Å². The van der Waals surface area contributed by atoms with Crippen molar-refractivity contribution in [2.45, 2.75) is 57.3 Å². The third-order valence-corrected chi connectivity index (χ3v) is 7.55. The summed E-state index contributed by atoms with van der Waals surface area (Å²) in [5.41, 5.74) is 5.13. The smallest absolute Gasteiger partial charge is 0.167 e. The maximum atomic E-state index is 13.1. The second-order valence-electron chi connectivity index (χ2n) is 9.59. The monoisotopic (exact) mass is 455 g/mol. The van der Waals surface area contributed by atoms with Gasteiger partial charge in [-0.2, -0.15) is 0 Å². The molecule has 34 heavy (non-hydrogen) atoms. The second-order valence-corrected chi connectivity index (χ2v) is 9.59. The van der Waals surface area contributed by atoms with E-state index in [1.165, 1.54) is 0 Å². The number of carbonyl (C=O) groups excluding carboxylic acids is 2. The molecule has 1 N–H and O–H groups in total. The summed E-state index contributed by atoms with van der Waals surface area (Å²) < 4.78 is 5.86. The van der Waals surface area contributed by atoms with Crippen LogP contribution in [0.5, 0.6) is 0 Å². The number of carbonyl (C=O) groups is 2. The normalized spacial score (nSPS) is 24.1. The van der Waals surface area contributed by atoms with Crippen molar-refractivity contribution in [2.75, 3.05) is 0 Å². The van der Waals surface area contributed by atoms with E-state index < -0.39 is 11.7 Å². The molecule has 5 rings (SSSR count). The van der Waals surface area contributed by atoms with Crippen LogP contribution < -0.4 is 0 Å². The van der Waals surface area contributed by atoms with Gasteiger partial charge in [0.2, 0.25) is 0 Å². The highest BCUT2D eigenvalue weighted by Crippen LogP contribution is 2.50. The first-order valence-electron chi connectivity index (χ1n) is 11.9. The van der Waals surface area contributed by atoms with Gasteiger partial charge in [0.25, 0.3) is 0 Å². The Bertz CT molecular complexity index is 1220. The van der Waals surface area contributed by atoms with E-state index in [9.17, 15) is 14.7 Å². The van der Waals surface area contributed by atoms with Crippen LogP contribution in [0.15, 0.2) is 66.9 Å². The number of fused-ring (bicyclic) bond motifs is 3. The number of ether oxygens (including phenoxy) is 1. The van der Waals surface area contributed by atoms with Gasteiger partial charge in [-0.3, -0.25) is 14.6 Å².